The van der Waals surface area contributed by atoms with Gasteiger partial charge in [-0.15, -0.1) is 0 Å². The molecule has 354 valence electrons. The van der Waals surface area contributed by atoms with Crippen molar-refractivity contribution in [1.82, 2.24) is 69.0 Å². The van der Waals surface area contributed by atoms with Crippen LogP contribution >= 0.6 is 0 Å². The number of fused-ring (bicyclic) bond motifs is 9. The lowest BCUT2D eigenvalue weighted by atomic mass is 10.1. The number of para-hydroxylation sites is 2. The molecule has 0 radical (unpaired) electrons. The predicted molar refractivity (Wildman–Crippen MR) is 269 cm³/mol. The third-order valence-corrected chi connectivity index (χ3v) is 11.9. The second-order valence-corrected chi connectivity index (χ2v) is 16.5. The van der Waals surface area contributed by atoms with Crippen molar-refractivity contribution in [2.24, 2.45) is 0 Å². The van der Waals surface area contributed by atoms with Crippen molar-refractivity contribution in [2.75, 3.05) is 0 Å². The zero-order valence-corrected chi connectivity index (χ0v) is 38.8. The second-order valence-electron chi connectivity index (χ2n) is 16.5. The van der Waals surface area contributed by atoms with E-state index in [1.807, 2.05) is 83.7 Å². The van der Waals surface area contributed by atoms with Gasteiger partial charge in [-0.25, -0.2) is 29.3 Å². The monoisotopic (exact) mass is 954 g/mol. The largest absolute Gasteiger partial charge is 0.346 e. The molecule has 9 heterocycles. The second kappa shape index (κ2) is 20.4. The van der Waals surface area contributed by atoms with Crippen LogP contribution in [0.5, 0.6) is 0 Å². The van der Waals surface area contributed by atoms with E-state index in [9.17, 15) is 18.8 Å². The standard InChI is InChI=1S/C19H17N5O.C18H14N4O.C17H12FN5O/c1-12-8-14-18(9-13(12)2)24-7-3-4-17(24)15(23-14)11-22-19(25)16-10-20-5-6-21-16;23-18(13-5-3-9-19-11-13)20-12-15-17-8-4-10-22(17)16-7-2-1-6-14(16)21-15;18-11-3-4-16-12(8-11)22-13(15-2-1-7-23(15)16)10-21-17(24)14-9-19-5-6-20-14/h3-10H,11H2,1-2H3,(H,22,25);1-11H,12H2,(H,20,23);1-9H,10H2,(H,21,24). The molecular weight excluding hydrogens is 912 g/mol. The Hall–Kier alpha value is -9.84. The van der Waals surface area contributed by atoms with Crippen molar-refractivity contribution < 1.29 is 18.8 Å². The number of aromatic nitrogens is 11. The third-order valence-electron chi connectivity index (χ3n) is 11.9. The molecule has 0 aliphatic heterocycles. The van der Waals surface area contributed by atoms with Gasteiger partial charge in [-0.3, -0.25) is 29.3 Å². The van der Waals surface area contributed by atoms with Crippen LogP contribution < -0.4 is 16.0 Å². The fourth-order valence-corrected chi connectivity index (χ4v) is 8.20. The van der Waals surface area contributed by atoms with E-state index in [2.05, 4.69) is 80.6 Å². The molecule has 0 unspecified atom stereocenters. The van der Waals surface area contributed by atoms with E-state index in [0.717, 1.165) is 55.5 Å². The van der Waals surface area contributed by atoms with Crippen LogP contribution in [0.4, 0.5) is 4.39 Å². The summed E-state index contributed by atoms with van der Waals surface area (Å²) in [6.45, 7) is 5.07. The number of nitrogens with zero attached hydrogens (tertiary/aromatic N) is 11. The normalized spacial score (nSPS) is 11.0. The van der Waals surface area contributed by atoms with Crippen LogP contribution in [0, 0.1) is 19.7 Å². The Labute approximate surface area is 409 Å². The van der Waals surface area contributed by atoms with Gasteiger partial charge >= 0.3 is 0 Å². The molecular formula is C54H43FN14O3. The summed E-state index contributed by atoms with van der Waals surface area (Å²) >= 11 is 0. The molecule has 17 nitrogen and oxygen atoms in total. The van der Waals surface area contributed by atoms with E-state index in [-0.39, 0.29) is 35.8 Å². The van der Waals surface area contributed by atoms with E-state index in [0.29, 0.717) is 35.6 Å². The minimum atomic E-state index is -0.351. The summed E-state index contributed by atoms with van der Waals surface area (Å²) < 4.78 is 19.6. The SMILES string of the molecule is Cc1cc2nc(CNC(=O)c3cnccn3)c3cccn3c2cc1C.O=C(NCc1nc2cc(F)ccc2n2cccc12)c1cnccn1.O=C(NCc1nc2ccccc2n2cccc12)c1cccnc1. The van der Waals surface area contributed by atoms with Crippen LogP contribution in [0.2, 0.25) is 0 Å². The van der Waals surface area contributed by atoms with Gasteiger partial charge in [-0.2, -0.15) is 0 Å². The van der Waals surface area contributed by atoms with Crippen molar-refractivity contribution >= 4 is 67.4 Å². The number of rotatable bonds is 9. The number of aryl methyl sites for hydroxylation is 2. The maximum atomic E-state index is 13.5. The lowest BCUT2D eigenvalue weighted by molar-refractivity contribution is 0.0937. The molecule has 3 aromatic carbocycles. The number of halogens is 1. The number of nitrogens with one attached hydrogen (secondary N) is 3. The van der Waals surface area contributed by atoms with Crippen LogP contribution in [-0.2, 0) is 19.6 Å². The number of carbonyl (C=O) groups is 3. The molecule has 12 aromatic rings. The van der Waals surface area contributed by atoms with Crippen molar-refractivity contribution in [3.63, 3.8) is 0 Å². The zero-order valence-electron chi connectivity index (χ0n) is 38.8. The Balaban J connectivity index is 0.000000124. The average Bonchev–Trinajstić information content (AvgIpc) is 4.24. The summed E-state index contributed by atoms with van der Waals surface area (Å²) in [7, 11) is 0. The molecule has 72 heavy (non-hydrogen) atoms. The van der Waals surface area contributed by atoms with E-state index >= 15 is 0 Å². The highest BCUT2D eigenvalue weighted by molar-refractivity contribution is 5.94. The van der Waals surface area contributed by atoms with Crippen LogP contribution in [-0.4, -0.2) is 70.8 Å². The Kier molecular flexibility index (Phi) is 13.0. The van der Waals surface area contributed by atoms with E-state index in [1.54, 1.807) is 30.6 Å². The maximum Gasteiger partial charge on any atom is 0.271 e. The first kappa shape index (κ1) is 45.9. The summed E-state index contributed by atoms with van der Waals surface area (Å²) in [5.74, 6) is -1.11. The van der Waals surface area contributed by atoms with Gasteiger partial charge in [-0.1, -0.05) is 12.1 Å². The first-order valence-electron chi connectivity index (χ1n) is 22.7. The average molecular weight is 955 g/mol. The highest BCUT2D eigenvalue weighted by atomic mass is 19.1. The lowest BCUT2D eigenvalue weighted by Crippen LogP contribution is -2.24. The van der Waals surface area contributed by atoms with E-state index < -0.39 is 0 Å². The number of amides is 3. The Morgan fingerprint density at radius 1 is 0.458 bits per heavy atom. The maximum absolute atomic E-state index is 13.5. The quantitative estimate of drug-likeness (QED) is 0.127. The van der Waals surface area contributed by atoms with Gasteiger partial charge in [0.2, 0.25) is 0 Å². The summed E-state index contributed by atoms with van der Waals surface area (Å²) in [5.41, 5.74) is 13.9. The Morgan fingerprint density at radius 3 is 1.50 bits per heavy atom. The molecule has 3 amide bonds. The topological polar surface area (TPSA) is 204 Å². The smallest absolute Gasteiger partial charge is 0.271 e. The van der Waals surface area contributed by atoms with Gasteiger partial charge < -0.3 is 29.2 Å². The van der Waals surface area contributed by atoms with Gasteiger partial charge in [0, 0.05) is 61.8 Å². The molecule has 0 atom stereocenters. The number of pyridine rings is 1. The van der Waals surface area contributed by atoms with Crippen molar-refractivity contribution in [3.8, 4) is 0 Å². The minimum absolute atomic E-state index is 0.155. The van der Waals surface area contributed by atoms with Gasteiger partial charge in [0.05, 0.1) is 104 Å². The van der Waals surface area contributed by atoms with Gasteiger partial charge in [0.1, 0.15) is 17.2 Å². The van der Waals surface area contributed by atoms with Crippen molar-refractivity contribution in [2.45, 2.75) is 33.5 Å². The fourth-order valence-electron chi connectivity index (χ4n) is 8.20. The summed E-state index contributed by atoms with van der Waals surface area (Å²) in [4.78, 5) is 70.1. The molecule has 0 saturated carbocycles. The van der Waals surface area contributed by atoms with Crippen LogP contribution in [0.1, 0.15) is 59.5 Å². The summed E-state index contributed by atoms with van der Waals surface area (Å²) in [5, 5.41) is 8.54. The molecule has 0 aliphatic carbocycles. The highest BCUT2D eigenvalue weighted by Gasteiger charge is 2.15. The van der Waals surface area contributed by atoms with Gasteiger partial charge in [0.25, 0.3) is 17.7 Å². The number of hydrogen-bond acceptors (Lipinski definition) is 11. The first-order chi connectivity index (χ1) is 35.2. The third kappa shape index (κ3) is 9.72. The Bertz CT molecular complexity index is 3940. The van der Waals surface area contributed by atoms with Crippen LogP contribution in [0.3, 0.4) is 0 Å². The summed E-state index contributed by atoms with van der Waals surface area (Å²) in [6, 6.07) is 31.9. The van der Waals surface area contributed by atoms with Gasteiger partial charge in [-0.05, 0) is 110 Å². The highest BCUT2D eigenvalue weighted by Crippen LogP contribution is 2.24. The molecule has 0 saturated heterocycles. The molecule has 0 bridgehead atoms. The van der Waals surface area contributed by atoms with Crippen molar-refractivity contribution in [1.29, 1.82) is 0 Å². The molecule has 9 aromatic heterocycles. The minimum Gasteiger partial charge on any atom is -0.346 e. The van der Waals surface area contributed by atoms with E-state index in [4.69, 9.17) is 9.97 Å². The molecule has 18 heteroatoms. The van der Waals surface area contributed by atoms with Crippen LogP contribution in [0.25, 0.3) is 49.7 Å². The molecule has 0 spiro atoms. The van der Waals surface area contributed by atoms with E-state index in [1.165, 1.54) is 60.4 Å². The number of benzene rings is 3. The molecule has 0 fully saturated rings. The number of hydrogen-bond donors (Lipinski definition) is 3. The van der Waals surface area contributed by atoms with Gasteiger partial charge in [0.15, 0.2) is 0 Å². The molecule has 3 N–H and O–H groups in total. The zero-order chi connectivity index (χ0) is 49.6. The number of carbonyl (C=O) groups excluding carboxylic acids is 3. The molecule has 0 aliphatic rings. The van der Waals surface area contributed by atoms with Crippen LogP contribution in [0.15, 0.2) is 171 Å². The predicted octanol–water partition coefficient (Wildman–Crippen LogP) is 7.98. The fraction of sp³-hybridized carbons (Fsp3) is 0.0926. The lowest BCUT2D eigenvalue weighted by Gasteiger charge is -2.11. The van der Waals surface area contributed by atoms with Crippen molar-refractivity contribution in [3.05, 3.63) is 222 Å². The molecule has 12 rings (SSSR count). The first-order valence-corrected chi connectivity index (χ1v) is 22.7. The Morgan fingerprint density at radius 2 is 0.944 bits per heavy atom. The summed E-state index contributed by atoms with van der Waals surface area (Å²) in [6.07, 6.45) is 17.9.